The molecule has 0 aliphatic heterocycles. The fraction of sp³-hybridized carbons (Fsp3) is 0.235. The van der Waals surface area contributed by atoms with Gasteiger partial charge in [-0.3, -0.25) is 4.79 Å². The first-order valence-corrected chi connectivity index (χ1v) is 8.83. The highest BCUT2D eigenvalue weighted by molar-refractivity contribution is 14.1. The van der Waals surface area contributed by atoms with Crippen LogP contribution in [0, 0.1) is 3.57 Å². The fourth-order valence-electron chi connectivity index (χ4n) is 2.54. The number of aromatic nitrogens is 1. The van der Waals surface area contributed by atoms with Gasteiger partial charge in [-0.2, -0.15) is 0 Å². The summed E-state index contributed by atoms with van der Waals surface area (Å²) in [7, 11) is 1.40. The molecule has 1 aromatic heterocycles. The van der Waals surface area contributed by atoms with Crippen molar-refractivity contribution in [1.82, 2.24) is 4.98 Å². The smallest absolute Gasteiger partial charge is 0.342 e. The number of halogens is 1. The number of aromatic carboxylic acids is 2. The quantitative estimate of drug-likeness (QED) is 0.434. The van der Waals surface area contributed by atoms with E-state index in [-0.39, 0.29) is 16.9 Å². The molecule has 0 spiro atoms. The third kappa shape index (κ3) is 3.99. The molecule has 0 radical (unpaired) electrons. The number of rotatable bonds is 7. The second-order valence-corrected chi connectivity index (χ2v) is 6.60. The monoisotopic (exact) mass is 488 g/mol. The van der Waals surface area contributed by atoms with Crippen molar-refractivity contribution in [2.45, 2.75) is 13.3 Å². The van der Waals surface area contributed by atoms with Gasteiger partial charge in [0.25, 0.3) is 5.56 Å². The molecule has 2 rings (SSSR count). The van der Waals surface area contributed by atoms with Crippen LogP contribution in [0.3, 0.4) is 0 Å². The van der Waals surface area contributed by atoms with Crippen molar-refractivity contribution in [3.05, 3.63) is 37.2 Å². The van der Waals surface area contributed by atoms with E-state index < -0.39 is 34.4 Å². The van der Waals surface area contributed by atoms with Crippen LogP contribution in [0.15, 0.2) is 16.9 Å². The first kappa shape index (κ1) is 20.6. The van der Waals surface area contributed by atoms with E-state index in [0.29, 0.717) is 15.9 Å². The number of hydrogen-bond donors (Lipinski definition) is 4. The molecule has 0 saturated carbocycles. The van der Waals surface area contributed by atoms with Crippen LogP contribution in [0.2, 0.25) is 0 Å². The zero-order valence-corrected chi connectivity index (χ0v) is 16.6. The zero-order chi connectivity index (χ0) is 20.3. The lowest BCUT2D eigenvalue weighted by Gasteiger charge is -2.16. The SMILES string of the molecule is CCCOc1c(I)cc(-c2c(C(=O)O)c(N)[nH]c(=O)c2C(=O)O)cc1OC. The molecule has 9 nitrogen and oxygen atoms in total. The number of carbonyl (C=O) groups is 2. The summed E-state index contributed by atoms with van der Waals surface area (Å²) >= 11 is 1.96. The average Bonchev–Trinajstić information content (AvgIpc) is 2.58. The van der Waals surface area contributed by atoms with Gasteiger partial charge in [0.15, 0.2) is 11.5 Å². The Bertz CT molecular complexity index is 969. The van der Waals surface area contributed by atoms with Crippen LogP contribution in [0.1, 0.15) is 34.1 Å². The van der Waals surface area contributed by atoms with Crippen LogP contribution in [-0.2, 0) is 0 Å². The lowest BCUT2D eigenvalue weighted by Crippen LogP contribution is -2.24. The Morgan fingerprint density at radius 3 is 2.37 bits per heavy atom. The van der Waals surface area contributed by atoms with Crippen molar-refractivity contribution in [2.75, 3.05) is 19.5 Å². The molecule has 27 heavy (non-hydrogen) atoms. The normalized spacial score (nSPS) is 10.5. The van der Waals surface area contributed by atoms with Crippen molar-refractivity contribution < 1.29 is 29.3 Å². The molecule has 0 bridgehead atoms. The largest absolute Gasteiger partial charge is 0.493 e. The van der Waals surface area contributed by atoms with Gasteiger partial charge in [-0.05, 0) is 46.7 Å². The zero-order valence-electron chi connectivity index (χ0n) is 14.5. The van der Waals surface area contributed by atoms with Gasteiger partial charge < -0.3 is 30.4 Å². The number of nitrogen functional groups attached to an aromatic ring is 1. The Balaban J connectivity index is 2.89. The topological polar surface area (TPSA) is 152 Å². The molecule has 5 N–H and O–H groups in total. The maximum absolute atomic E-state index is 12.1. The predicted molar refractivity (Wildman–Crippen MR) is 106 cm³/mol. The van der Waals surface area contributed by atoms with Gasteiger partial charge in [0.1, 0.15) is 16.9 Å². The number of pyridine rings is 1. The molecule has 0 amide bonds. The van der Waals surface area contributed by atoms with Crippen LogP contribution < -0.4 is 20.8 Å². The molecule has 2 aromatic rings. The maximum atomic E-state index is 12.1. The molecule has 0 aliphatic rings. The highest BCUT2D eigenvalue weighted by Gasteiger charge is 2.27. The lowest BCUT2D eigenvalue weighted by molar-refractivity contribution is 0.0695. The number of benzene rings is 1. The molecule has 144 valence electrons. The molecular formula is C17H17IN2O7. The minimum atomic E-state index is -1.57. The third-order valence-corrected chi connectivity index (χ3v) is 4.44. The second-order valence-electron chi connectivity index (χ2n) is 5.44. The van der Waals surface area contributed by atoms with Gasteiger partial charge in [-0.15, -0.1) is 0 Å². The molecule has 0 saturated heterocycles. The van der Waals surface area contributed by atoms with E-state index in [1.54, 1.807) is 0 Å². The number of anilines is 1. The number of nitrogens with two attached hydrogens (primary N) is 1. The van der Waals surface area contributed by atoms with Gasteiger partial charge in [-0.25, -0.2) is 9.59 Å². The van der Waals surface area contributed by atoms with Crippen LogP contribution >= 0.6 is 22.6 Å². The first-order valence-electron chi connectivity index (χ1n) is 7.75. The van der Waals surface area contributed by atoms with E-state index in [0.717, 1.165) is 6.42 Å². The summed E-state index contributed by atoms with van der Waals surface area (Å²) in [6.45, 7) is 2.37. The summed E-state index contributed by atoms with van der Waals surface area (Å²) in [6, 6.07) is 2.93. The second kappa shape index (κ2) is 8.29. The number of methoxy groups -OCH3 is 1. The average molecular weight is 488 g/mol. The van der Waals surface area contributed by atoms with Crippen molar-refractivity contribution >= 4 is 40.3 Å². The van der Waals surface area contributed by atoms with Gasteiger partial charge in [0.05, 0.1) is 17.3 Å². The molecule has 0 atom stereocenters. The van der Waals surface area contributed by atoms with Crippen LogP contribution in [0.4, 0.5) is 5.82 Å². The van der Waals surface area contributed by atoms with Gasteiger partial charge in [0.2, 0.25) is 0 Å². The third-order valence-electron chi connectivity index (χ3n) is 3.64. The molecule has 1 heterocycles. The molecule has 10 heteroatoms. The van der Waals surface area contributed by atoms with E-state index in [1.807, 2.05) is 29.5 Å². The number of nitrogens with one attached hydrogen (secondary N) is 1. The number of aromatic amines is 1. The van der Waals surface area contributed by atoms with Crippen molar-refractivity contribution in [3.63, 3.8) is 0 Å². The number of carboxylic acids is 2. The van der Waals surface area contributed by atoms with Gasteiger partial charge in [0, 0.05) is 5.56 Å². The van der Waals surface area contributed by atoms with E-state index in [4.69, 9.17) is 15.2 Å². The van der Waals surface area contributed by atoms with Crippen molar-refractivity contribution in [3.8, 4) is 22.6 Å². The number of ether oxygens (including phenoxy) is 2. The molecule has 1 aromatic carbocycles. The highest BCUT2D eigenvalue weighted by Crippen LogP contribution is 2.39. The van der Waals surface area contributed by atoms with Crippen molar-refractivity contribution in [2.24, 2.45) is 0 Å². The molecule has 0 fully saturated rings. The Kier molecular flexibility index (Phi) is 6.31. The first-order chi connectivity index (χ1) is 12.7. The summed E-state index contributed by atoms with van der Waals surface area (Å²) < 4.78 is 11.5. The number of carboxylic acid groups (broad SMARTS) is 2. The maximum Gasteiger partial charge on any atom is 0.342 e. The molecule has 0 unspecified atom stereocenters. The van der Waals surface area contributed by atoms with Crippen LogP contribution in [-0.4, -0.2) is 40.9 Å². The summed E-state index contributed by atoms with van der Waals surface area (Å²) in [6.07, 6.45) is 0.762. The van der Waals surface area contributed by atoms with Gasteiger partial charge >= 0.3 is 11.9 Å². The van der Waals surface area contributed by atoms with Gasteiger partial charge in [-0.1, -0.05) is 6.92 Å². The van der Waals surface area contributed by atoms with E-state index in [2.05, 4.69) is 4.98 Å². The summed E-state index contributed by atoms with van der Waals surface area (Å²) in [4.78, 5) is 37.5. The Hall–Kier alpha value is -2.76. The Morgan fingerprint density at radius 2 is 1.85 bits per heavy atom. The van der Waals surface area contributed by atoms with Crippen LogP contribution in [0.25, 0.3) is 11.1 Å². The number of H-pyrrole nitrogens is 1. The Labute approximate surface area is 167 Å². The van der Waals surface area contributed by atoms with E-state index >= 15 is 0 Å². The summed E-state index contributed by atoms with van der Waals surface area (Å²) in [5.41, 5.74) is 3.28. The minimum Gasteiger partial charge on any atom is -0.493 e. The fourth-order valence-corrected chi connectivity index (χ4v) is 3.30. The number of hydrogen-bond acceptors (Lipinski definition) is 6. The molecule has 0 aliphatic carbocycles. The lowest BCUT2D eigenvalue weighted by atomic mass is 9.95. The summed E-state index contributed by atoms with van der Waals surface area (Å²) in [5.74, 6) is -2.77. The van der Waals surface area contributed by atoms with E-state index in [1.165, 1.54) is 19.2 Å². The van der Waals surface area contributed by atoms with Crippen LogP contribution in [0.5, 0.6) is 11.5 Å². The summed E-state index contributed by atoms with van der Waals surface area (Å²) in [5, 5.41) is 19.0. The van der Waals surface area contributed by atoms with E-state index in [9.17, 15) is 24.6 Å². The van der Waals surface area contributed by atoms with Crippen molar-refractivity contribution in [1.29, 1.82) is 0 Å². The molecular weight excluding hydrogens is 471 g/mol. The Morgan fingerprint density at radius 1 is 1.22 bits per heavy atom. The highest BCUT2D eigenvalue weighted by atomic mass is 127. The standard InChI is InChI=1S/C17H17IN2O7/c1-3-4-27-13-8(18)5-7(6-9(13)26-2)10-11(16(22)23)14(19)20-15(21)12(10)17(24)25/h5-6H,3-4H2,1-2H3,(H,22,23)(H,24,25)(H3,19,20,21). The minimum absolute atomic E-state index is 0.160. The predicted octanol–water partition coefficient (Wildman–Crippen LogP) is 2.42.